The van der Waals surface area contributed by atoms with E-state index in [1.807, 2.05) is 24.3 Å². The number of para-hydroxylation sites is 2. The van der Waals surface area contributed by atoms with Crippen molar-refractivity contribution in [2.24, 2.45) is 0 Å². The summed E-state index contributed by atoms with van der Waals surface area (Å²) in [5.41, 5.74) is 1.85. The average Bonchev–Trinajstić information content (AvgIpc) is 3.04. The summed E-state index contributed by atoms with van der Waals surface area (Å²) < 4.78 is 53.4. The van der Waals surface area contributed by atoms with Gasteiger partial charge in [0.1, 0.15) is 22.4 Å². The van der Waals surface area contributed by atoms with Crippen molar-refractivity contribution in [3.05, 3.63) is 59.9 Å². The Morgan fingerprint density at radius 2 is 1.78 bits per heavy atom. The third kappa shape index (κ3) is 3.58. The van der Waals surface area contributed by atoms with Crippen LogP contribution in [0.1, 0.15) is 5.82 Å². The minimum absolute atomic E-state index is 0.235. The van der Waals surface area contributed by atoms with Gasteiger partial charge in [-0.1, -0.05) is 12.1 Å². The Balaban J connectivity index is 1.43. The Morgan fingerprint density at radius 1 is 1.04 bits per heavy atom. The molecule has 0 radical (unpaired) electrons. The highest BCUT2D eigenvalue weighted by Gasteiger charge is 2.31. The Labute approximate surface area is 155 Å². The number of piperazine rings is 1. The van der Waals surface area contributed by atoms with E-state index in [9.17, 15) is 17.2 Å². The lowest BCUT2D eigenvalue weighted by Gasteiger charge is -2.33. The lowest BCUT2D eigenvalue weighted by Crippen LogP contribution is -2.48. The molecule has 0 aliphatic carbocycles. The summed E-state index contributed by atoms with van der Waals surface area (Å²) in [4.78, 5) is 9.38. The van der Waals surface area contributed by atoms with E-state index in [0.29, 0.717) is 25.7 Å². The maximum Gasteiger partial charge on any atom is 0.246 e. The van der Waals surface area contributed by atoms with E-state index in [2.05, 4.69) is 14.9 Å². The van der Waals surface area contributed by atoms with Gasteiger partial charge in [-0.05, 0) is 24.3 Å². The lowest BCUT2D eigenvalue weighted by molar-refractivity contribution is 0.178. The van der Waals surface area contributed by atoms with Gasteiger partial charge in [0, 0.05) is 32.2 Å². The molecular weight excluding hydrogens is 374 g/mol. The lowest BCUT2D eigenvalue weighted by atomic mass is 10.3. The third-order valence-corrected chi connectivity index (χ3v) is 6.59. The highest BCUT2D eigenvalue weighted by molar-refractivity contribution is 7.89. The highest BCUT2D eigenvalue weighted by atomic mass is 32.2. The van der Waals surface area contributed by atoms with Gasteiger partial charge < -0.3 is 4.98 Å². The van der Waals surface area contributed by atoms with Crippen molar-refractivity contribution in [3.63, 3.8) is 0 Å². The topological polar surface area (TPSA) is 69.3 Å². The number of nitrogens with one attached hydrogen (secondary N) is 1. The molecule has 27 heavy (non-hydrogen) atoms. The van der Waals surface area contributed by atoms with Gasteiger partial charge in [-0.2, -0.15) is 4.31 Å². The number of aromatic nitrogens is 2. The van der Waals surface area contributed by atoms with Gasteiger partial charge in [0.2, 0.25) is 10.0 Å². The Kier molecular flexibility index (Phi) is 4.67. The first-order chi connectivity index (χ1) is 12.9. The molecule has 0 spiro atoms. The second-order valence-corrected chi connectivity index (χ2v) is 8.36. The Morgan fingerprint density at radius 3 is 2.48 bits per heavy atom. The van der Waals surface area contributed by atoms with Gasteiger partial charge in [0.15, 0.2) is 0 Å². The van der Waals surface area contributed by atoms with Crippen LogP contribution in [-0.2, 0) is 16.6 Å². The molecule has 1 aromatic heterocycles. The molecular formula is C18H18F2N4O2S. The van der Waals surface area contributed by atoms with E-state index in [-0.39, 0.29) is 13.1 Å². The van der Waals surface area contributed by atoms with Crippen LogP contribution in [0.25, 0.3) is 11.0 Å². The van der Waals surface area contributed by atoms with Crippen LogP contribution in [0.15, 0.2) is 47.4 Å². The predicted molar refractivity (Wildman–Crippen MR) is 96.5 cm³/mol. The molecule has 1 saturated heterocycles. The number of hydrogen-bond donors (Lipinski definition) is 1. The molecule has 3 aromatic rings. The molecule has 0 saturated carbocycles. The summed E-state index contributed by atoms with van der Waals surface area (Å²) >= 11 is 0. The molecule has 6 nitrogen and oxygen atoms in total. The summed E-state index contributed by atoms with van der Waals surface area (Å²) in [6.45, 7) is 2.05. The smallest absolute Gasteiger partial charge is 0.246 e. The molecule has 1 aliphatic heterocycles. The van der Waals surface area contributed by atoms with Crippen LogP contribution >= 0.6 is 0 Å². The number of rotatable bonds is 4. The zero-order valence-electron chi connectivity index (χ0n) is 14.4. The van der Waals surface area contributed by atoms with Crippen LogP contribution in [0.5, 0.6) is 0 Å². The number of aromatic amines is 1. The molecule has 2 aromatic carbocycles. The van der Waals surface area contributed by atoms with Gasteiger partial charge in [0.05, 0.1) is 17.6 Å². The predicted octanol–water partition coefficient (Wildman–Crippen LogP) is 2.35. The van der Waals surface area contributed by atoms with Gasteiger partial charge in [0.25, 0.3) is 0 Å². The first kappa shape index (κ1) is 18.0. The number of nitrogens with zero attached hydrogens (tertiary/aromatic N) is 3. The van der Waals surface area contributed by atoms with Crippen molar-refractivity contribution >= 4 is 21.1 Å². The molecule has 0 bridgehead atoms. The maximum atomic E-state index is 13.9. The van der Waals surface area contributed by atoms with E-state index in [4.69, 9.17) is 0 Å². The normalized spacial score (nSPS) is 16.8. The Hall–Kier alpha value is -2.36. The van der Waals surface area contributed by atoms with E-state index in [0.717, 1.165) is 29.0 Å². The standard InChI is InChI=1S/C18H18F2N4O2S/c19-13-5-6-17(14(20)11-13)27(25,26)24-9-7-23(8-10-24)12-18-21-15-3-1-2-4-16(15)22-18/h1-6,11H,7-10,12H2,(H,21,22). The number of halogens is 2. The number of fused-ring (bicyclic) bond motifs is 1. The summed E-state index contributed by atoms with van der Waals surface area (Å²) in [6, 6.07) is 10.2. The van der Waals surface area contributed by atoms with Crippen LogP contribution in [0.2, 0.25) is 0 Å². The van der Waals surface area contributed by atoms with Gasteiger partial charge in [-0.15, -0.1) is 0 Å². The molecule has 0 unspecified atom stereocenters. The fraction of sp³-hybridized carbons (Fsp3) is 0.278. The van der Waals surface area contributed by atoms with Gasteiger partial charge in [-0.3, -0.25) is 4.90 Å². The van der Waals surface area contributed by atoms with Crippen molar-refractivity contribution in [2.45, 2.75) is 11.4 Å². The molecule has 2 heterocycles. The SMILES string of the molecule is O=S(=O)(c1ccc(F)cc1F)N1CCN(Cc2nc3ccccc3[nH]2)CC1. The maximum absolute atomic E-state index is 13.9. The summed E-state index contributed by atoms with van der Waals surface area (Å²) in [5, 5.41) is 0. The summed E-state index contributed by atoms with van der Waals surface area (Å²) in [7, 11) is -3.98. The molecule has 1 fully saturated rings. The minimum atomic E-state index is -3.98. The van der Waals surface area contributed by atoms with Crippen LogP contribution in [-0.4, -0.2) is 53.8 Å². The molecule has 9 heteroatoms. The van der Waals surface area contributed by atoms with Crippen LogP contribution < -0.4 is 0 Å². The van der Waals surface area contributed by atoms with E-state index in [1.165, 1.54) is 4.31 Å². The van der Waals surface area contributed by atoms with Crippen LogP contribution in [0.4, 0.5) is 8.78 Å². The van der Waals surface area contributed by atoms with Crippen molar-refractivity contribution in [1.29, 1.82) is 0 Å². The molecule has 1 aliphatic rings. The molecule has 0 atom stereocenters. The second-order valence-electron chi connectivity index (χ2n) is 6.46. The van der Waals surface area contributed by atoms with Gasteiger partial charge >= 0.3 is 0 Å². The average molecular weight is 392 g/mol. The van der Waals surface area contributed by atoms with E-state index in [1.54, 1.807) is 0 Å². The Bertz CT molecular complexity index is 1040. The van der Waals surface area contributed by atoms with Gasteiger partial charge in [-0.25, -0.2) is 22.2 Å². The second kappa shape index (κ2) is 6.99. The van der Waals surface area contributed by atoms with Crippen molar-refractivity contribution in [3.8, 4) is 0 Å². The zero-order valence-corrected chi connectivity index (χ0v) is 15.2. The van der Waals surface area contributed by atoms with E-state index < -0.39 is 26.6 Å². The highest BCUT2D eigenvalue weighted by Crippen LogP contribution is 2.22. The number of benzene rings is 2. The minimum Gasteiger partial charge on any atom is -0.341 e. The molecule has 1 N–H and O–H groups in total. The first-order valence-electron chi connectivity index (χ1n) is 8.55. The third-order valence-electron chi connectivity index (χ3n) is 4.65. The largest absolute Gasteiger partial charge is 0.341 e. The van der Waals surface area contributed by atoms with E-state index >= 15 is 0 Å². The fourth-order valence-corrected chi connectivity index (χ4v) is 4.71. The van der Waals surface area contributed by atoms with Crippen molar-refractivity contribution < 1.29 is 17.2 Å². The fourth-order valence-electron chi connectivity index (χ4n) is 3.24. The number of hydrogen-bond acceptors (Lipinski definition) is 4. The number of sulfonamides is 1. The molecule has 0 amide bonds. The monoisotopic (exact) mass is 392 g/mol. The van der Waals surface area contributed by atoms with Crippen LogP contribution in [0.3, 0.4) is 0 Å². The number of imidazole rings is 1. The first-order valence-corrected chi connectivity index (χ1v) is 9.99. The zero-order chi connectivity index (χ0) is 19.0. The van der Waals surface area contributed by atoms with Crippen molar-refractivity contribution in [1.82, 2.24) is 19.2 Å². The molecule has 142 valence electrons. The summed E-state index contributed by atoms with van der Waals surface area (Å²) in [6.07, 6.45) is 0. The van der Waals surface area contributed by atoms with Crippen molar-refractivity contribution in [2.75, 3.05) is 26.2 Å². The number of H-pyrrole nitrogens is 1. The quantitative estimate of drug-likeness (QED) is 0.740. The molecule has 4 rings (SSSR count). The van der Waals surface area contributed by atoms with Crippen LogP contribution in [0, 0.1) is 11.6 Å². The summed E-state index contributed by atoms with van der Waals surface area (Å²) in [5.74, 6) is -1.06.